The van der Waals surface area contributed by atoms with E-state index in [0.29, 0.717) is 23.7 Å². The molecular weight excluding hydrogens is 384 g/mol. The zero-order valence-electron chi connectivity index (χ0n) is 19.2. The Morgan fingerprint density at radius 1 is 0.968 bits per heavy atom. The van der Waals surface area contributed by atoms with E-state index in [-0.39, 0.29) is 28.7 Å². The molecule has 0 unspecified atom stereocenters. The SMILES string of the molecule is CC(=O)O[C@@H]1CCC[C@@H]2CC[C@@H]3[C@@H](CC[C@@]4(C)C(C(=O)c5ccccc5)=CC[C@H]34)[C@@]21C. The van der Waals surface area contributed by atoms with Gasteiger partial charge in [0, 0.05) is 23.5 Å². The highest BCUT2D eigenvalue weighted by Crippen LogP contribution is 2.66. The van der Waals surface area contributed by atoms with Crippen LogP contribution in [0.2, 0.25) is 0 Å². The molecule has 31 heavy (non-hydrogen) atoms. The molecule has 7 atom stereocenters. The minimum atomic E-state index is -0.132. The Hall–Kier alpha value is -1.90. The number of esters is 1. The highest BCUT2D eigenvalue weighted by atomic mass is 16.5. The van der Waals surface area contributed by atoms with E-state index >= 15 is 0 Å². The Kier molecular flexibility index (Phi) is 5.14. The van der Waals surface area contributed by atoms with Gasteiger partial charge in [-0.25, -0.2) is 0 Å². The summed E-state index contributed by atoms with van der Waals surface area (Å²) in [6, 6.07) is 9.78. The van der Waals surface area contributed by atoms with Gasteiger partial charge in [0.2, 0.25) is 0 Å². The summed E-state index contributed by atoms with van der Waals surface area (Å²) in [5, 5.41) is 0. The zero-order chi connectivity index (χ0) is 21.8. The third kappa shape index (κ3) is 3.14. The average molecular weight is 421 g/mol. The number of allylic oxidation sites excluding steroid dienone is 2. The minimum absolute atomic E-state index is 0.0249. The summed E-state index contributed by atoms with van der Waals surface area (Å²) in [7, 11) is 0. The van der Waals surface area contributed by atoms with Crippen LogP contribution in [-0.4, -0.2) is 17.9 Å². The van der Waals surface area contributed by atoms with Crippen molar-refractivity contribution >= 4 is 11.8 Å². The van der Waals surface area contributed by atoms with Crippen LogP contribution in [-0.2, 0) is 9.53 Å². The number of benzene rings is 1. The maximum absolute atomic E-state index is 13.4. The highest BCUT2D eigenvalue weighted by Gasteiger charge is 2.61. The van der Waals surface area contributed by atoms with Gasteiger partial charge < -0.3 is 4.74 Å². The summed E-state index contributed by atoms with van der Waals surface area (Å²) >= 11 is 0. The van der Waals surface area contributed by atoms with Crippen molar-refractivity contribution in [3.05, 3.63) is 47.5 Å². The van der Waals surface area contributed by atoms with Crippen molar-refractivity contribution in [1.82, 2.24) is 0 Å². The van der Waals surface area contributed by atoms with Crippen LogP contribution in [0.15, 0.2) is 42.0 Å². The summed E-state index contributed by atoms with van der Waals surface area (Å²) < 4.78 is 5.96. The maximum atomic E-state index is 13.4. The Labute approximate surface area is 186 Å². The van der Waals surface area contributed by atoms with Gasteiger partial charge in [-0.2, -0.15) is 0 Å². The maximum Gasteiger partial charge on any atom is 0.302 e. The van der Waals surface area contributed by atoms with E-state index in [2.05, 4.69) is 19.9 Å². The van der Waals surface area contributed by atoms with E-state index in [0.717, 1.165) is 36.8 Å². The molecular formula is C28H36O3. The molecule has 0 heterocycles. The van der Waals surface area contributed by atoms with Crippen molar-refractivity contribution in [2.24, 2.45) is 34.5 Å². The Morgan fingerprint density at radius 2 is 1.74 bits per heavy atom. The number of carbonyl (C=O) groups excluding carboxylic acids is 2. The molecule has 0 N–H and O–H groups in total. The number of rotatable bonds is 3. The van der Waals surface area contributed by atoms with Crippen molar-refractivity contribution in [3.63, 3.8) is 0 Å². The zero-order valence-corrected chi connectivity index (χ0v) is 19.2. The lowest BCUT2D eigenvalue weighted by atomic mass is 9.44. The van der Waals surface area contributed by atoms with Gasteiger partial charge in [0.1, 0.15) is 6.10 Å². The van der Waals surface area contributed by atoms with Crippen molar-refractivity contribution in [2.75, 3.05) is 0 Å². The van der Waals surface area contributed by atoms with Crippen LogP contribution in [0.4, 0.5) is 0 Å². The van der Waals surface area contributed by atoms with Gasteiger partial charge in [0.15, 0.2) is 5.78 Å². The summed E-state index contributed by atoms with van der Waals surface area (Å²) in [4.78, 5) is 25.3. The minimum Gasteiger partial charge on any atom is -0.462 e. The number of Topliss-reactive ketones (excluding diaryl/α,β-unsaturated/α-hetero) is 1. The van der Waals surface area contributed by atoms with E-state index in [1.165, 1.54) is 25.7 Å². The predicted molar refractivity (Wildman–Crippen MR) is 122 cm³/mol. The van der Waals surface area contributed by atoms with Crippen molar-refractivity contribution in [3.8, 4) is 0 Å². The monoisotopic (exact) mass is 420 g/mol. The number of ether oxygens (including phenoxy) is 1. The molecule has 5 rings (SSSR count). The van der Waals surface area contributed by atoms with E-state index in [4.69, 9.17) is 4.74 Å². The lowest BCUT2D eigenvalue weighted by molar-refractivity contribution is -0.187. The first-order valence-electron chi connectivity index (χ1n) is 12.3. The van der Waals surface area contributed by atoms with E-state index in [1.54, 1.807) is 6.92 Å². The molecule has 0 spiro atoms. The van der Waals surface area contributed by atoms with Crippen molar-refractivity contribution in [1.29, 1.82) is 0 Å². The molecule has 3 saturated carbocycles. The third-order valence-electron chi connectivity index (χ3n) is 9.85. The fraction of sp³-hybridized carbons (Fsp3) is 0.643. The number of hydrogen-bond donors (Lipinski definition) is 0. The quantitative estimate of drug-likeness (QED) is 0.421. The summed E-state index contributed by atoms with van der Waals surface area (Å²) in [5.41, 5.74) is 1.92. The molecule has 0 aliphatic heterocycles. The van der Waals surface area contributed by atoms with Gasteiger partial charge in [0.25, 0.3) is 0 Å². The number of ketones is 1. The second-order valence-electron chi connectivity index (χ2n) is 11.1. The normalized spacial score (nSPS) is 41.4. The molecule has 4 aliphatic carbocycles. The molecule has 0 saturated heterocycles. The molecule has 3 nitrogen and oxygen atoms in total. The van der Waals surface area contributed by atoms with Gasteiger partial charge >= 0.3 is 5.97 Å². The molecule has 4 aliphatic rings. The molecule has 0 aromatic heterocycles. The van der Waals surface area contributed by atoms with Gasteiger partial charge in [-0.3, -0.25) is 9.59 Å². The average Bonchev–Trinajstić information content (AvgIpc) is 3.11. The second-order valence-corrected chi connectivity index (χ2v) is 11.1. The van der Waals surface area contributed by atoms with Crippen LogP contribution in [0, 0.1) is 34.5 Å². The van der Waals surface area contributed by atoms with Crippen LogP contribution >= 0.6 is 0 Å². The Balaban J connectivity index is 1.43. The van der Waals surface area contributed by atoms with Crippen LogP contribution in [0.3, 0.4) is 0 Å². The number of carbonyl (C=O) groups is 2. The molecule has 1 aromatic carbocycles. The lowest BCUT2D eigenvalue weighted by Gasteiger charge is -2.61. The van der Waals surface area contributed by atoms with Gasteiger partial charge in [-0.15, -0.1) is 0 Å². The van der Waals surface area contributed by atoms with Crippen LogP contribution < -0.4 is 0 Å². The summed E-state index contributed by atoms with van der Waals surface area (Å²) in [5.74, 6) is 2.50. The molecule has 3 fully saturated rings. The first kappa shape index (κ1) is 21.0. The van der Waals surface area contributed by atoms with Gasteiger partial charge in [-0.05, 0) is 80.5 Å². The number of fused-ring (bicyclic) bond motifs is 5. The topological polar surface area (TPSA) is 43.4 Å². The molecule has 3 heteroatoms. The third-order valence-corrected chi connectivity index (χ3v) is 9.85. The standard InChI is InChI=1S/C28H36O3/c1-18(29)31-25-11-7-10-20-12-13-21-22-14-15-24(26(30)19-8-5-4-6-9-19)27(22,2)17-16-23(21)28(20,25)3/h4-6,8-9,15,20-23,25H,7,10-14,16-17H2,1-3H3/t20-,21+,22-,23-,25-,27-,28-/m1/s1. The van der Waals surface area contributed by atoms with E-state index in [1.807, 2.05) is 30.3 Å². The number of hydrogen-bond acceptors (Lipinski definition) is 3. The molecule has 1 aromatic rings. The fourth-order valence-corrected chi connectivity index (χ4v) is 8.34. The highest BCUT2D eigenvalue weighted by molar-refractivity contribution is 6.09. The molecule has 0 bridgehead atoms. The van der Waals surface area contributed by atoms with E-state index in [9.17, 15) is 9.59 Å². The summed E-state index contributed by atoms with van der Waals surface area (Å²) in [6.07, 6.45) is 11.5. The van der Waals surface area contributed by atoms with Crippen LogP contribution in [0.25, 0.3) is 0 Å². The first-order valence-corrected chi connectivity index (χ1v) is 12.3. The van der Waals surface area contributed by atoms with Crippen LogP contribution in [0.1, 0.15) is 82.5 Å². The van der Waals surface area contributed by atoms with Crippen molar-refractivity contribution in [2.45, 2.75) is 78.2 Å². The lowest BCUT2D eigenvalue weighted by Crippen LogP contribution is -2.58. The molecule has 0 radical (unpaired) electrons. The molecule has 166 valence electrons. The Bertz CT molecular complexity index is 902. The largest absolute Gasteiger partial charge is 0.462 e. The Morgan fingerprint density at radius 3 is 2.48 bits per heavy atom. The van der Waals surface area contributed by atoms with Gasteiger partial charge in [-0.1, -0.05) is 50.3 Å². The smallest absolute Gasteiger partial charge is 0.302 e. The van der Waals surface area contributed by atoms with E-state index < -0.39 is 0 Å². The fourth-order valence-electron chi connectivity index (χ4n) is 8.34. The van der Waals surface area contributed by atoms with Crippen LogP contribution in [0.5, 0.6) is 0 Å². The molecule has 0 amide bonds. The van der Waals surface area contributed by atoms with Gasteiger partial charge in [0.05, 0.1) is 0 Å². The van der Waals surface area contributed by atoms with Crippen molar-refractivity contribution < 1.29 is 14.3 Å². The predicted octanol–water partition coefficient (Wildman–Crippen LogP) is 6.38. The second kappa shape index (κ2) is 7.60. The first-order chi connectivity index (χ1) is 14.9. The summed E-state index contributed by atoms with van der Waals surface area (Å²) in [6.45, 7) is 6.35.